The molecule has 0 aliphatic carbocycles. The summed E-state index contributed by atoms with van der Waals surface area (Å²) in [5.41, 5.74) is 1.64. The third-order valence-electron chi connectivity index (χ3n) is 2.87. The molecule has 0 atom stereocenters. The van der Waals surface area contributed by atoms with Gasteiger partial charge in [0.15, 0.2) is 11.5 Å². The lowest BCUT2D eigenvalue weighted by atomic mass is 10.3. The summed E-state index contributed by atoms with van der Waals surface area (Å²) in [4.78, 5) is 16.3. The van der Waals surface area contributed by atoms with Gasteiger partial charge in [-0.3, -0.25) is 0 Å². The lowest BCUT2D eigenvalue weighted by Crippen LogP contribution is -2.04. The van der Waals surface area contributed by atoms with Crippen molar-refractivity contribution < 1.29 is 9.90 Å². The standard InChI is InChI=1S/C14H10ClN3O2S/c1-8-4-5-16-13(6-8)18-10(7-9(17-18)14(19)20)11-2-3-12(15)21-11/h2-7H,1H3,(H,19,20). The van der Waals surface area contributed by atoms with Crippen LogP contribution in [0.4, 0.5) is 0 Å². The van der Waals surface area contributed by atoms with Gasteiger partial charge in [-0.25, -0.2) is 14.5 Å². The Morgan fingerprint density at radius 3 is 2.76 bits per heavy atom. The molecule has 3 aromatic rings. The molecular weight excluding hydrogens is 310 g/mol. The number of hydrogen-bond acceptors (Lipinski definition) is 4. The van der Waals surface area contributed by atoms with Crippen LogP contribution in [0.2, 0.25) is 4.34 Å². The molecule has 106 valence electrons. The van der Waals surface area contributed by atoms with Crippen LogP contribution >= 0.6 is 22.9 Å². The highest BCUT2D eigenvalue weighted by Crippen LogP contribution is 2.32. The second-order valence-electron chi connectivity index (χ2n) is 4.43. The molecule has 0 unspecified atom stereocenters. The van der Waals surface area contributed by atoms with Crippen LogP contribution in [0.3, 0.4) is 0 Å². The van der Waals surface area contributed by atoms with Crippen molar-refractivity contribution in [2.24, 2.45) is 0 Å². The van der Waals surface area contributed by atoms with E-state index in [9.17, 15) is 4.79 Å². The number of aryl methyl sites for hydroxylation is 1. The summed E-state index contributed by atoms with van der Waals surface area (Å²) >= 11 is 7.32. The molecule has 0 spiro atoms. The zero-order chi connectivity index (χ0) is 15.0. The van der Waals surface area contributed by atoms with Gasteiger partial charge in [0.1, 0.15) is 0 Å². The Kier molecular flexibility index (Phi) is 3.48. The molecule has 5 nitrogen and oxygen atoms in total. The molecule has 0 aliphatic heterocycles. The summed E-state index contributed by atoms with van der Waals surface area (Å²) in [6.45, 7) is 1.94. The zero-order valence-electron chi connectivity index (χ0n) is 10.9. The molecule has 0 bridgehead atoms. The number of carbonyl (C=O) groups is 1. The van der Waals surface area contributed by atoms with E-state index in [0.717, 1.165) is 10.4 Å². The van der Waals surface area contributed by atoms with Gasteiger partial charge in [0.05, 0.1) is 14.9 Å². The van der Waals surface area contributed by atoms with Crippen LogP contribution in [-0.2, 0) is 0 Å². The predicted octanol–water partition coefficient (Wildman–Crippen LogP) is 3.66. The molecule has 3 aromatic heterocycles. The van der Waals surface area contributed by atoms with Crippen molar-refractivity contribution in [1.29, 1.82) is 0 Å². The minimum atomic E-state index is -1.08. The van der Waals surface area contributed by atoms with E-state index < -0.39 is 5.97 Å². The molecule has 0 radical (unpaired) electrons. The molecule has 0 amide bonds. The Hall–Kier alpha value is -2.18. The molecule has 0 fully saturated rings. The largest absolute Gasteiger partial charge is 0.476 e. The zero-order valence-corrected chi connectivity index (χ0v) is 12.5. The summed E-state index contributed by atoms with van der Waals surface area (Å²) in [6, 6.07) is 8.84. The van der Waals surface area contributed by atoms with Gasteiger partial charge >= 0.3 is 5.97 Å². The van der Waals surface area contributed by atoms with E-state index in [2.05, 4.69) is 10.1 Å². The number of carboxylic acids is 1. The van der Waals surface area contributed by atoms with E-state index >= 15 is 0 Å². The number of halogens is 1. The first-order valence-electron chi connectivity index (χ1n) is 6.06. The highest BCUT2D eigenvalue weighted by Gasteiger charge is 2.17. The fraction of sp³-hybridized carbons (Fsp3) is 0.0714. The van der Waals surface area contributed by atoms with Crippen LogP contribution in [-0.4, -0.2) is 25.8 Å². The summed E-state index contributed by atoms with van der Waals surface area (Å²) in [5, 5.41) is 13.3. The molecule has 1 N–H and O–H groups in total. The highest BCUT2D eigenvalue weighted by atomic mass is 35.5. The van der Waals surface area contributed by atoms with Crippen molar-refractivity contribution in [3.63, 3.8) is 0 Å². The van der Waals surface area contributed by atoms with Crippen molar-refractivity contribution in [3.05, 3.63) is 52.1 Å². The molecule has 21 heavy (non-hydrogen) atoms. The van der Waals surface area contributed by atoms with E-state index in [4.69, 9.17) is 16.7 Å². The van der Waals surface area contributed by atoms with Gasteiger partial charge in [-0.1, -0.05) is 11.6 Å². The van der Waals surface area contributed by atoms with Gasteiger partial charge in [0, 0.05) is 12.3 Å². The SMILES string of the molecule is Cc1ccnc(-n2nc(C(=O)O)cc2-c2ccc(Cl)s2)c1. The van der Waals surface area contributed by atoms with Crippen molar-refractivity contribution in [3.8, 4) is 16.4 Å². The molecule has 3 heterocycles. The first-order chi connectivity index (χ1) is 10.0. The fourth-order valence-corrected chi connectivity index (χ4v) is 2.97. The van der Waals surface area contributed by atoms with Crippen LogP contribution in [0.1, 0.15) is 16.1 Å². The van der Waals surface area contributed by atoms with E-state index in [0.29, 0.717) is 15.8 Å². The second-order valence-corrected chi connectivity index (χ2v) is 6.14. The van der Waals surface area contributed by atoms with E-state index in [1.54, 1.807) is 12.3 Å². The van der Waals surface area contributed by atoms with E-state index in [1.807, 2.05) is 25.1 Å². The van der Waals surface area contributed by atoms with Gasteiger partial charge in [0.2, 0.25) is 0 Å². The van der Waals surface area contributed by atoms with Crippen LogP contribution < -0.4 is 0 Å². The Labute approximate surface area is 129 Å². The minimum Gasteiger partial charge on any atom is -0.476 e. The van der Waals surface area contributed by atoms with Crippen LogP contribution in [0.25, 0.3) is 16.4 Å². The first kappa shape index (κ1) is 13.8. The monoisotopic (exact) mass is 319 g/mol. The second kappa shape index (κ2) is 5.31. The molecule has 3 rings (SSSR count). The Morgan fingerprint density at radius 2 is 2.14 bits per heavy atom. The van der Waals surface area contributed by atoms with Crippen molar-refractivity contribution >= 4 is 28.9 Å². The lowest BCUT2D eigenvalue weighted by Gasteiger charge is -2.05. The fourth-order valence-electron chi connectivity index (χ4n) is 1.92. The van der Waals surface area contributed by atoms with Gasteiger partial charge < -0.3 is 5.11 Å². The van der Waals surface area contributed by atoms with Gasteiger partial charge in [0.25, 0.3) is 0 Å². The summed E-state index contributed by atoms with van der Waals surface area (Å²) in [7, 11) is 0. The quantitative estimate of drug-likeness (QED) is 0.800. The topological polar surface area (TPSA) is 68.0 Å². The van der Waals surface area contributed by atoms with Crippen LogP contribution in [0.15, 0.2) is 36.5 Å². The summed E-state index contributed by atoms with van der Waals surface area (Å²) in [6.07, 6.45) is 1.66. The van der Waals surface area contributed by atoms with Crippen molar-refractivity contribution in [2.45, 2.75) is 6.92 Å². The highest BCUT2D eigenvalue weighted by molar-refractivity contribution is 7.19. The first-order valence-corrected chi connectivity index (χ1v) is 7.26. The molecule has 0 aromatic carbocycles. The Morgan fingerprint density at radius 1 is 1.33 bits per heavy atom. The number of hydrogen-bond donors (Lipinski definition) is 1. The number of rotatable bonds is 3. The van der Waals surface area contributed by atoms with Gasteiger partial charge in [-0.05, 0) is 36.8 Å². The third kappa shape index (κ3) is 2.68. The van der Waals surface area contributed by atoms with Crippen LogP contribution in [0.5, 0.6) is 0 Å². The maximum absolute atomic E-state index is 11.2. The van der Waals surface area contributed by atoms with Crippen molar-refractivity contribution in [1.82, 2.24) is 14.8 Å². The molecule has 7 heteroatoms. The molecular formula is C14H10ClN3O2S. The number of aromatic nitrogens is 3. The normalized spacial score (nSPS) is 10.8. The van der Waals surface area contributed by atoms with Gasteiger partial charge in [-0.15, -0.1) is 11.3 Å². The minimum absolute atomic E-state index is 0.0298. The van der Waals surface area contributed by atoms with Crippen molar-refractivity contribution in [2.75, 3.05) is 0 Å². The maximum Gasteiger partial charge on any atom is 0.356 e. The summed E-state index contributed by atoms with van der Waals surface area (Å²) < 4.78 is 2.16. The predicted molar refractivity (Wildman–Crippen MR) is 81.4 cm³/mol. The number of aromatic carboxylic acids is 1. The molecule has 0 aliphatic rings. The smallest absolute Gasteiger partial charge is 0.356 e. The maximum atomic E-state index is 11.2. The number of thiophene rings is 1. The average Bonchev–Trinajstić information content (AvgIpc) is 3.04. The number of carboxylic acid groups (broad SMARTS) is 1. The van der Waals surface area contributed by atoms with Crippen LogP contribution in [0, 0.1) is 6.92 Å². The lowest BCUT2D eigenvalue weighted by molar-refractivity contribution is 0.0690. The molecule has 0 saturated heterocycles. The number of pyridine rings is 1. The van der Waals surface area contributed by atoms with E-state index in [-0.39, 0.29) is 5.69 Å². The van der Waals surface area contributed by atoms with Gasteiger partial charge in [-0.2, -0.15) is 5.10 Å². The average molecular weight is 320 g/mol. The Balaban J connectivity index is 2.21. The summed E-state index contributed by atoms with van der Waals surface area (Å²) in [5.74, 6) is -0.507. The van der Waals surface area contributed by atoms with E-state index in [1.165, 1.54) is 22.1 Å². The number of nitrogens with zero attached hydrogens (tertiary/aromatic N) is 3. The third-order valence-corrected chi connectivity index (χ3v) is 4.13. The molecule has 0 saturated carbocycles. The Bertz CT molecular complexity index is 825.